The van der Waals surface area contributed by atoms with Crippen LogP contribution in [0.2, 0.25) is 0 Å². The van der Waals surface area contributed by atoms with E-state index in [-0.39, 0.29) is 0 Å². The molecule has 1 aromatic heterocycles. The van der Waals surface area contributed by atoms with Gasteiger partial charge in [0.05, 0.1) is 10.2 Å². The van der Waals surface area contributed by atoms with E-state index in [2.05, 4.69) is 26.2 Å². The predicted octanol–water partition coefficient (Wildman–Crippen LogP) is 1.77. The number of nitrogens with one attached hydrogen (secondary N) is 1. The lowest BCUT2D eigenvalue weighted by Gasteiger charge is -2.04. The van der Waals surface area contributed by atoms with E-state index in [9.17, 15) is 0 Å². The van der Waals surface area contributed by atoms with E-state index in [1.54, 1.807) is 12.4 Å². The molecule has 3 N–H and O–H groups in total. The molecule has 0 fully saturated rings. The van der Waals surface area contributed by atoms with Gasteiger partial charge < -0.3 is 11.1 Å². The van der Waals surface area contributed by atoms with Crippen LogP contribution in [0, 0.1) is 0 Å². The summed E-state index contributed by atoms with van der Waals surface area (Å²) in [7, 11) is 0. The molecule has 0 atom stereocenters. The monoisotopic (exact) mass is 241 g/mol. The van der Waals surface area contributed by atoms with Crippen LogP contribution in [-0.4, -0.2) is 18.1 Å². The summed E-state index contributed by atoms with van der Waals surface area (Å²) in [5, 5.41) is 3.22. The molecular formula is C9H12BrN3. The summed E-state index contributed by atoms with van der Waals surface area (Å²) in [5.41, 5.74) is 6.34. The Labute approximate surface area is 86.2 Å². The Morgan fingerprint density at radius 2 is 2.38 bits per heavy atom. The average molecular weight is 242 g/mol. The van der Waals surface area contributed by atoms with Crippen LogP contribution in [0.3, 0.4) is 0 Å². The third-order valence-corrected chi connectivity index (χ3v) is 2.12. The molecule has 0 aliphatic carbocycles. The van der Waals surface area contributed by atoms with Crippen molar-refractivity contribution in [3.8, 4) is 0 Å². The van der Waals surface area contributed by atoms with E-state index in [1.807, 2.05) is 18.2 Å². The first-order valence-corrected chi connectivity index (χ1v) is 4.82. The Morgan fingerprint density at radius 3 is 3.08 bits per heavy atom. The molecule has 1 heterocycles. The molecule has 0 aliphatic rings. The van der Waals surface area contributed by atoms with Crippen LogP contribution in [-0.2, 0) is 0 Å². The fraction of sp³-hybridized carbons (Fsp3) is 0.222. The highest BCUT2D eigenvalue weighted by atomic mass is 79.9. The van der Waals surface area contributed by atoms with Gasteiger partial charge in [-0.3, -0.25) is 4.98 Å². The van der Waals surface area contributed by atoms with Gasteiger partial charge in [-0.1, -0.05) is 12.2 Å². The molecule has 0 unspecified atom stereocenters. The number of hydrogen-bond donors (Lipinski definition) is 2. The van der Waals surface area contributed by atoms with Gasteiger partial charge in [-0.05, 0) is 22.0 Å². The van der Waals surface area contributed by atoms with Crippen molar-refractivity contribution in [2.24, 2.45) is 5.73 Å². The lowest BCUT2D eigenvalue weighted by Crippen LogP contribution is -2.00. The van der Waals surface area contributed by atoms with Gasteiger partial charge in [0.25, 0.3) is 0 Å². The van der Waals surface area contributed by atoms with Crippen LogP contribution in [0.4, 0.5) is 5.69 Å². The molecule has 0 saturated heterocycles. The largest absolute Gasteiger partial charge is 0.381 e. The van der Waals surface area contributed by atoms with Crippen LogP contribution < -0.4 is 11.1 Å². The standard InChI is InChI=1S/C9H12BrN3/c10-8-7-12-6-3-9(8)13-5-2-1-4-11/h1-3,6-7H,4-5,11H2,(H,12,13)/b2-1+. The number of nitrogens with zero attached hydrogens (tertiary/aromatic N) is 1. The summed E-state index contributed by atoms with van der Waals surface area (Å²) in [6.07, 6.45) is 7.42. The Balaban J connectivity index is 2.45. The minimum atomic E-state index is 0.583. The third-order valence-electron chi connectivity index (χ3n) is 1.49. The lowest BCUT2D eigenvalue weighted by molar-refractivity contribution is 1.22. The van der Waals surface area contributed by atoms with E-state index in [1.165, 1.54) is 0 Å². The van der Waals surface area contributed by atoms with Crippen LogP contribution in [0.5, 0.6) is 0 Å². The quantitative estimate of drug-likeness (QED) is 0.791. The Hall–Kier alpha value is -0.870. The molecule has 4 heteroatoms. The first kappa shape index (κ1) is 10.2. The summed E-state index contributed by atoms with van der Waals surface area (Å²) in [6, 6.07) is 1.92. The molecule has 0 aliphatic heterocycles. The Bertz CT molecular complexity index is 286. The van der Waals surface area contributed by atoms with Crippen LogP contribution in [0.25, 0.3) is 0 Å². The molecule has 0 bridgehead atoms. The van der Waals surface area contributed by atoms with E-state index in [0.29, 0.717) is 6.54 Å². The van der Waals surface area contributed by atoms with Crippen molar-refractivity contribution in [3.63, 3.8) is 0 Å². The molecule has 0 aromatic carbocycles. The smallest absolute Gasteiger partial charge is 0.0590 e. The van der Waals surface area contributed by atoms with Crippen molar-refractivity contribution in [1.82, 2.24) is 4.98 Å². The van der Waals surface area contributed by atoms with Crippen LogP contribution >= 0.6 is 15.9 Å². The number of nitrogens with two attached hydrogens (primary N) is 1. The SMILES string of the molecule is NC/C=C/CNc1ccncc1Br. The van der Waals surface area contributed by atoms with E-state index in [0.717, 1.165) is 16.7 Å². The van der Waals surface area contributed by atoms with E-state index < -0.39 is 0 Å². The second kappa shape index (κ2) is 5.72. The first-order valence-electron chi connectivity index (χ1n) is 4.03. The average Bonchev–Trinajstić information content (AvgIpc) is 2.15. The van der Waals surface area contributed by atoms with Crippen LogP contribution in [0.1, 0.15) is 0 Å². The van der Waals surface area contributed by atoms with Gasteiger partial charge in [-0.15, -0.1) is 0 Å². The molecular weight excluding hydrogens is 230 g/mol. The fourth-order valence-corrected chi connectivity index (χ4v) is 1.26. The van der Waals surface area contributed by atoms with Gasteiger partial charge >= 0.3 is 0 Å². The van der Waals surface area contributed by atoms with Gasteiger partial charge in [0.2, 0.25) is 0 Å². The minimum Gasteiger partial charge on any atom is -0.381 e. The van der Waals surface area contributed by atoms with Gasteiger partial charge in [-0.2, -0.15) is 0 Å². The zero-order valence-electron chi connectivity index (χ0n) is 7.20. The maximum Gasteiger partial charge on any atom is 0.0590 e. The molecule has 0 radical (unpaired) electrons. The molecule has 0 spiro atoms. The second-order valence-electron chi connectivity index (χ2n) is 2.44. The number of hydrogen-bond acceptors (Lipinski definition) is 3. The van der Waals surface area contributed by atoms with Crippen LogP contribution in [0.15, 0.2) is 35.1 Å². The summed E-state index contributed by atoms with van der Waals surface area (Å²) < 4.78 is 0.969. The van der Waals surface area contributed by atoms with Crippen molar-refractivity contribution in [2.75, 3.05) is 18.4 Å². The molecule has 0 amide bonds. The molecule has 1 rings (SSSR count). The first-order chi connectivity index (χ1) is 6.34. The zero-order chi connectivity index (χ0) is 9.52. The number of halogens is 1. The third kappa shape index (κ3) is 3.57. The molecule has 0 saturated carbocycles. The van der Waals surface area contributed by atoms with Crippen molar-refractivity contribution in [3.05, 3.63) is 35.1 Å². The second-order valence-corrected chi connectivity index (χ2v) is 3.30. The highest BCUT2D eigenvalue weighted by molar-refractivity contribution is 9.10. The maximum absolute atomic E-state index is 5.30. The summed E-state index contributed by atoms with van der Waals surface area (Å²) in [6.45, 7) is 1.36. The molecule has 1 aromatic rings. The van der Waals surface area contributed by atoms with E-state index >= 15 is 0 Å². The van der Waals surface area contributed by atoms with Crippen molar-refractivity contribution < 1.29 is 0 Å². The van der Waals surface area contributed by atoms with Gasteiger partial charge in [0.1, 0.15) is 0 Å². The highest BCUT2D eigenvalue weighted by Crippen LogP contribution is 2.19. The molecule has 13 heavy (non-hydrogen) atoms. The number of rotatable bonds is 4. The zero-order valence-corrected chi connectivity index (χ0v) is 8.79. The van der Waals surface area contributed by atoms with Gasteiger partial charge in [0.15, 0.2) is 0 Å². The van der Waals surface area contributed by atoms with Crippen molar-refractivity contribution in [2.45, 2.75) is 0 Å². The summed E-state index contributed by atoms with van der Waals surface area (Å²) in [5.74, 6) is 0. The van der Waals surface area contributed by atoms with Gasteiger partial charge in [-0.25, -0.2) is 0 Å². The minimum absolute atomic E-state index is 0.583. The summed E-state index contributed by atoms with van der Waals surface area (Å²) in [4.78, 5) is 3.96. The van der Waals surface area contributed by atoms with Gasteiger partial charge in [0, 0.05) is 25.5 Å². The lowest BCUT2D eigenvalue weighted by atomic mass is 10.4. The topological polar surface area (TPSA) is 50.9 Å². The van der Waals surface area contributed by atoms with E-state index in [4.69, 9.17) is 5.73 Å². The number of aromatic nitrogens is 1. The Morgan fingerprint density at radius 1 is 1.54 bits per heavy atom. The highest BCUT2D eigenvalue weighted by Gasteiger charge is 1.94. The van der Waals surface area contributed by atoms with Crippen molar-refractivity contribution in [1.29, 1.82) is 0 Å². The summed E-state index contributed by atoms with van der Waals surface area (Å²) >= 11 is 3.39. The Kier molecular flexibility index (Phi) is 4.49. The number of anilines is 1. The molecule has 70 valence electrons. The maximum atomic E-state index is 5.30. The fourth-order valence-electron chi connectivity index (χ4n) is 0.867. The van der Waals surface area contributed by atoms with Crippen molar-refractivity contribution >= 4 is 21.6 Å². The normalized spacial score (nSPS) is 10.6. The molecule has 3 nitrogen and oxygen atoms in total. The number of pyridine rings is 1. The predicted molar refractivity (Wildman–Crippen MR) is 58.6 cm³/mol.